The van der Waals surface area contributed by atoms with Gasteiger partial charge in [0, 0.05) is 25.2 Å². The highest BCUT2D eigenvalue weighted by Gasteiger charge is 2.32. The Morgan fingerprint density at radius 2 is 2.04 bits per heavy atom. The van der Waals surface area contributed by atoms with Crippen LogP contribution in [0.25, 0.3) is 0 Å². The third-order valence-corrected chi connectivity index (χ3v) is 4.18. The molecular formula is C18H26O5. The summed E-state index contributed by atoms with van der Waals surface area (Å²) in [7, 11) is 0. The zero-order chi connectivity index (χ0) is 16.3. The van der Waals surface area contributed by atoms with Crippen molar-refractivity contribution in [2.45, 2.75) is 50.9 Å². The number of rotatable bonds is 6. The standard InChI is InChI=1S/C18H26O5/c1-18(2)10-13-4-3-5-16(17(13)23-18)22-12-14(19)11-21-15-6-8-20-9-7-15/h3-5,14-15,19H,6-12H2,1-2H3/t14-/m1/s1. The van der Waals surface area contributed by atoms with Crippen LogP contribution in [0.1, 0.15) is 32.3 Å². The first-order chi connectivity index (χ1) is 11.0. The molecule has 1 fully saturated rings. The van der Waals surface area contributed by atoms with E-state index in [1.165, 1.54) is 0 Å². The van der Waals surface area contributed by atoms with Crippen LogP contribution < -0.4 is 9.47 Å². The minimum absolute atomic E-state index is 0.184. The smallest absolute Gasteiger partial charge is 0.165 e. The van der Waals surface area contributed by atoms with Crippen molar-refractivity contribution in [3.05, 3.63) is 23.8 Å². The van der Waals surface area contributed by atoms with E-state index in [0.717, 1.165) is 43.8 Å². The first-order valence-electron chi connectivity index (χ1n) is 8.35. The van der Waals surface area contributed by atoms with Crippen molar-refractivity contribution in [1.82, 2.24) is 0 Å². The molecular weight excluding hydrogens is 296 g/mol. The van der Waals surface area contributed by atoms with Crippen LogP contribution in [0.5, 0.6) is 11.5 Å². The van der Waals surface area contributed by atoms with Crippen LogP contribution in [-0.2, 0) is 15.9 Å². The lowest BCUT2D eigenvalue weighted by molar-refractivity contribution is -0.0661. The number of fused-ring (bicyclic) bond motifs is 1. The van der Waals surface area contributed by atoms with Gasteiger partial charge < -0.3 is 24.1 Å². The predicted molar refractivity (Wildman–Crippen MR) is 86.1 cm³/mol. The summed E-state index contributed by atoms with van der Waals surface area (Å²) in [4.78, 5) is 0. The van der Waals surface area contributed by atoms with Crippen LogP contribution in [0.4, 0.5) is 0 Å². The van der Waals surface area contributed by atoms with Crippen LogP contribution in [0.2, 0.25) is 0 Å². The number of aliphatic hydroxyl groups excluding tert-OH is 1. The summed E-state index contributed by atoms with van der Waals surface area (Å²) in [5, 5.41) is 10.1. The summed E-state index contributed by atoms with van der Waals surface area (Å²) < 4.78 is 22.7. The van der Waals surface area contributed by atoms with Crippen molar-refractivity contribution in [1.29, 1.82) is 0 Å². The van der Waals surface area contributed by atoms with Gasteiger partial charge in [-0.25, -0.2) is 0 Å². The molecule has 0 unspecified atom stereocenters. The molecule has 2 heterocycles. The highest BCUT2D eigenvalue weighted by atomic mass is 16.5. The lowest BCUT2D eigenvalue weighted by Gasteiger charge is -2.24. The van der Waals surface area contributed by atoms with Crippen molar-refractivity contribution in [2.24, 2.45) is 0 Å². The Morgan fingerprint density at radius 3 is 2.83 bits per heavy atom. The first-order valence-corrected chi connectivity index (χ1v) is 8.35. The lowest BCUT2D eigenvalue weighted by atomic mass is 10.0. The zero-order valence-corrected chi connectivity index (χ0v) is 13.9. The second-order valence-electron chi connectivity index (χ2n) is 6.89. The van der Waals surface area contributed by atoms with Crippen LogP contribution in [0.15, 0.2) is 18.2 Å². The van der Waals surface area contributed by atoms with Crippen molar-refractivity contribution in [2.75, 3.05) is 26.4 Å². The molecule has 2 aliphatic rings. The average molecular weight is 322 g/mol. The molecule has 1 saturated heterocycles. The molecule has 128 valence electrons. The average Bonchev–Trinajstić information content (AvgIpc) is 2.86. The maximum absolute atomic E-state index is 10.1. The SMILES string of the molecule is CC1(C)Cc2cccc(OC[C@H](O)COC3CCOCC3)c2O1. The normalized spacial score (nSPS) is 21.5. The minimum Gasteiger partial charge on any atom is -0.487 e. The van der Waals surface area contributed by atoms with Crippen molar-refractivity contribution in [3.63, 3.8) is 0 Å². The summed E-state index contributed by atoms with van der Waals surface area (Å²) in [5.74, 6) is 1.49. The summed E-state index contributed by atoms with van der Waals surface area (Å²) >= 11 is 0. The molecule has 2 aliphatic heterocycles. The van der Waals surface area contributed by atoms with Crippen LogP contribution in [-0.4, -0.2) is 49.3 Å². The van der Waals surface area contributed by atoms with Crippen LogP contribution in [0.3, 0.4) is 0 Å². The molecule has 3 rings (SSSR count). The first kappa shape index (κ1) is 16.6. The lowest BCUT2D eigenvalue weighted by Crippen LogP contribution is -2.30. The van der Waals surface area contributed by atoms with E-state index in [9.17, 15) is 5.11 Å². The Balaban J connectivity index is 1.48. The highest BCUT2D eigenvalue weighted by molar-refractivity contribution is 5.50. The van der Waals surface area contributed by atoms with Gasteiger partial charge in [-0.2, -0.15) is 0 Å². The zero-order valence-electron chi connectivity index (χ0n) is 13.9. The fourth-order valence-corrected chi connectivity index (χ4v) is 3.02. The maximum Gasteiger partial charge on any atom is 0.165 e. The number of benzene rings is 1. The number of aliphatic hydroxyl groups is 1. The molecule has 0 amide bonds. The van der Waals surface area contributed by atoms with Gasteiger partial charge in [-0.1, -0.05) is 12.1 Å². The van der Waals surface area contributed by atoms with Gasteiger partial charge in [0.2, 0.25) is 0 Å². The fraction of sp³-hybridized carbons (Fsp3) is 0.667. The van der Waals surface area contributed by atoms with E-state index in [1.807, 2.05) is 12.1 Å². The van der Waals surface area contributed by atoms with Gasteiger partial charge >= 0.3 is 0 Å². The molecule has 23 heavy (non-hydrogen) atoms. The van der Waals surface area contributed by atoms with Gasteiger partial charge in [0.1, 0.15) is 18.3 Å². The molecule has 0 spiro atoms. The number of hydrogen-bond acceptors (Lipinski definition) is 5. The third kappa shape index (κ3) is 4.37. The van der Waals surface area contributed by atoms with Gasteiger partial charge in [-0.05, 0) is 32.8 Å². The topological polar surface area (TPSA) is 57.2 Å². The second-order valence-corrected chi connectivity index (χ2v) is 6.89. The Morgan fingerprint density at radius 1 is 1.26 bits per heavy atom. The fourth-order valence-electron chi connectivity index (χ4n) is 3.02. The second kappa shape index (κ2) is 7.07. The molecule has 0 bridgehead atoms. The van der Waals surface area contributed by atoms with Crippen LogP contribution in [0, 0.1) is 0 Å². The highest BCUT2D eigenvalue weighted by Crippen LogP contribution is 2.41. The van der Waals surface area contributed by atoms with Gasteiger partial charge in [0.15, 0.2) is 11.5 Å². The molecule has 0 saturated carbocycles. The van der Waals surface area contributed by atoms with Gasteiger partial charge in [0.05, 0.1) is 12.7 Å². The van der Waals surface area contributed by atoms with E-state index in [1.54, 1.807) is 0 Å². The summed E-state index contributed by atoms with van der Waals surface area (Å²) in [6, 6.07) is 5.90. The number of para-hydroxylation sites is 1. The largest absolute Gasteiger partial charge is 0.487 e. The Labute approximate surface area is 137 Å². The van der Waals surface area contributed by atoms with Crippen LogP contribution >= 0.6 is 0 Å². The summed E-state index contributed by atoms with van der Waals surface area (Å²) in [6.07, 6.45) is 2.19. The summed E-state index contributed by atoms with van der Waals surface area (Å²) in [6.45, 7) is 6.08. The number of hydrogen-bond donors (Lipinski definition) is 1. The van der Waals surface area contributed by atoms with E-state index in [0.29, 0.717) is 5.75 Å². The molecule has 0 aliphatic carbocycles. The number of ether oxygens (including phenoxy) is 4. The molecule has 0 radical (unpaired) electrons. The minimum atomic E-state index is -0.650. The Bertz CT molecular complexity index is 522. The molecule has 5 heteroatoms. The monoisotopic (exact) mass is 322 g/mol. The van der Waals surface area contributed by atoms with E-state index in [2.05, 4.69) is 19.9 Å². The summed E-state index contributed by atoms with van der Waals surface area (Å²) in [5.41, 5.74) is 0.951. The van der Waals surface area contributed by atoms with Crippen molar-refractivity contribution < 1.29 is 24.1 Å². The molecule has 1 atom stereocenters. The van der Waals surface area contributed by atoms with E-state index in [4.69, 9.17) is 18.9 Å². The quantitative estimate of drug-likeness (QED) is 0.871. The molecule has 0 aromatic heterocycles. The van der Waals surface area contributed by atoms with Gasteiger partial charge in [-0.15, -0.1) is 0 Å². The van der Waals surface area contributed by atoms with Crippen molar-refractivity contribution in [3.8, 4) is 11.5 Å². The predicted octanol–water partition coefficient (Wildman–Crippen LogP) is 2.34. The Kier molecular flexibility index (Phi) is 5.09. The maximum atomic E-state index is 10.1. The molecule has 1 aromatic carbocycles. The molecule has 5 nitrogen and oxygen atoms in total. The van der Waals surface area contributed by atoms with E-state index < -0.39 is 6.10 Å². The molecule has 1 aromatic rings. The Hall–Kier alpha value is -1.30. The van der Waals surface area contributed by atoms with Gasteiger partial charge in [0.25, 0.3) is 0 Å². The van der Waals surface area contributed by atoms with Gasteiger partial charge in [-0.3, -0.25) is 0 Å². The van der Waals surface area contributed by atoms with E-state index >= 15 is 0 Å². The van der Waals surface area contributed by atoms with E-state index in [-0.39, 0.29) is 24.9 Å². The van der Waals surface area contributed by atoms with Crippen molar-refractivity contribution >= 4 is 0 Å². The molecule has 1 N–H and O–H groups in total. The third-order valence-electron chi connectivity index (χ3n) is 4.18.